The molecule has 0 spiro atoms. The molecule has 0 aliphatic carbocycles. The summed E-state index contributed by atoms with van der Waals surface area (Å²) in [6, 6.07) is 10.8. The van der Waals surface area contributed by atoms with E-state index in [1.165, 1.54) is 6.07 Å². The Kier molecular flexibility index (Phi) is 4.05. The Morgan fingerprint density at radius 1 is 1.28 bits per heavy atom. The van der Waals surface area contributed by atoms with Gasteiger partial charge in [0.15, 0.2) is 0 Å². The van der Waals surface area contributed by atoms with Crippen LogP contribution in [0.3, 0.4) is 0 Å². The number of pyridine rings is 1. The Hall–Kier alpha value is -1.74. The van der Waals surface area contributed by atoms with Crippen LogP contribution < -0.4 is 5.32 Å². The molecule has 1 aromatic carbocycles. The summed E-state index contributed by atoms with van der Waals surface area (Å²) in [6.07, 6.45) is 1.86. The smallest absolute Gasteiger partial charge is 0.123 e. The highest BCUT2D eigenvalue weighted by atomic mass is 19.1. The number of aryl methyl sites for hydroxylation is 1. The van der Waals surface area contributed by atoms with Crippen molar-refractivity contribution in [2.24, 2.45) is 0 Å². The second-order valence-electron chi connectivity index (χ2n) is 4.47. The van der Waals surface area contributed by atoms with Crippen molar-refractivity contribution in [2.45, 2.75) is 26.4 Å². The largest absolute Gasteiger partial charge is 0.306 e. The lowest BCUT2D eigenvalue weighted by atomic mass is 10.1. The minimum absolute atomic E-state index is 0.113. The topological polar surface area (TPSA) is 24.9 Å². The molecule has 0 aliphatic rings. The first-order valence-electron chi connectivity index (χ1n) is 6.05. The van der Waals surface area contributed by atoms with Crippen molar-refractivity contribution >= 4 is 0 Å². The van der Waals surface area contributed by atoms with Gasteiger partial charge in [0.2, 0.25) is 0 Å². The second kappa shape index (κ2) is 5.74. The fourth-order valence-corrected chi connectivity index (χ4v) is 1.77. The van der Waals surface area contributed by atoms with Crippen molar-refractivity contribution < 1.29 is 4.39 Å². The third-order valence-corrected chi connectivity index (χ3v) is 2.93. The highest BCUT2D eigenvalue weighted by Crippen LogP contribution is 2.14. The van der Waals surface area contributed by atoms with Gasteiger partial charge in [0.25, 0.3) is 0 Å². The lowest BCUT2D eigenvalue weighted by Gasteiger charge is -2.14. The van der Waals surface area contributed by atoms with Gasteiger partial charge < -0.3 is 5.32 Å². The van der Waals surface area contributed by atoms with Crippen LogP contribution in [0, 0.1) is 12.7 Å². The fraction of sp³-hybridized carbons (Fsp3) is 0.267. The zero-order valence-corrected chi connectivity index (χ0v) is 10.7. The molecule has 2 nitrogen and oxygen atoms in total. The third kappa shape index (κ3) is 3.37. The quantitative estimate of drug-likeness (QED) is 0.891. The van der Waals surface area contributed by atoms with Crippen LogP contribution in [0.4, 0.5) is 4.39 Å². The molecule has 18 heavy (non-hydrogen) atoms. The Labute approximate surface area is 107 Å². The van der Waals surface area contributed by atoms with Crippen LogP contribution in [-0.2, 0) is 6.54 Å². The molecule has 1 N–H and O–H groups in total. The van der Waals surface area contributed by atoms with Crippen LogP contribution in [0.5, 0.6) is 0 Å². The molecule has 0 saturated heterocycles. The molecule has 0 fully saturated rings. The van der Waals surface area contributed by atoms with Crippen molar-refractivity contribution in [1.29, 1.82) is 0 Å². The number of hydrogen-bond donors (Lipinski definition) is 1. The van der Waals surface area contributed by atoms with Gasteiger partial charge in [-0.15, -0.1) is 0 Å². The summed E-state index contributed by atoms with van der Waals surface area (Å²) in [7, 11) is 0. The summed E-state index contributed by atoms with van der Waals surface area (Å²) in [6.45, 7) is 4.72. The van der Waals surface area contributed by atoms with Crippen molar-refractivity contribution in [3.05, 3.63) is 65.2 Å². The molecule has 0 saturated carbocycles. The zero-order valence-electron chi connectivity index (χ0n) is 10.7. The fourth-order valence-electron chi connectivity index (χ4n) is 1.77. The molecule has 1 aromatic heterocycles. The highest BCUT2D eigenvalue weighted by molar-refractivity contribution is 5.20. The minimum Gasteiger partial charge on any atom is -0.306 e. The number of benzene rings is 1. The molecule has 1 atom stereocenters. The minimum atomic E-state index is -0.196. The molecule has 0 aliphatic heterocycles. The maximum atomic E-state index is 13.1. The van der Waals surface area contributed by atoms with Crippen LogP contribution in [0.15, 0.2) is 42.6 Å². The van der Waals surface area contributed by atoms with Gasteiger partial charge >= 0.3 is 0 Å². The average molecular weight is 244 g/mol. The molecule has 1 unspecified atom stereocenters. The molecular weight excluding hydrogens is 227 g/mol. The van der Waals surface area contributed by atoms with Gasteiger partial charge in [-0.1, -0.05) is 18.2 Å². The number of aromatic nitrogens is 1. The van der Waals surface area contributed by atoms with Gasteiger partial charge in [-0.3, -0.25) is 4.98 Å². The molecule has 1 heterocycles. The highest BCUT2D eigenvalue weighted by Gasteiger charge is 2.05. The van der Waals surface area contributed by atoms with E-state index in [0.717, 1.165) is 23.4 Å². The van der Waals surface area contributed by atoms with E-state index < -0.39 is 0 Å². The van der Waals surface area contributed by atoms with E-state index in [1.807, 2.05) is 38.2 Å². The van der Waals surface area contributed by atoms with E-state index >= 15 is 0 Å². The first kappa shape index (κ1) is 12.7. The summed E-state index contributed by atoms with van der Waals surface area (Å²) in [5.74, 6) is -0.196. The summed E-state index contributed by atoms with van der Waals surface area (Å²) in [5, 5.41) is 3.36. The first-order valence-corrected chi connectivity index (χ1v) is 6.05. The number of hydrogen-bond acceptors (Lipinski definition) is 2. The predicted molar refractivity (Wildman–Crippen MR) is 70.6 cm³/mol. The van der Waals surface area contributed by atoms with Gasteiger partial charge in [-0.25, -0.2) is 4.39 Å². The molecule has 0 radical (unpaired) electrons. The molecule has 3 heteroatoms. The van der Waals surface area contributed by atoms with Crippen molar-refractivity contribution in [1.82, 2.24) is 10.3 Å². The maximum absolute atomic E-state index is 13.1. The molecule has 94 valence electrons. The number of nitrogens with one attached hydrogen (secondary N) is 1. The molecule has 0 amide bonds. The van der Waals surface area contributed by atoms with Gasteiger partial charge in [0.05, 0.1) is 0 Å². The Bertz CT molecular complexity index is 508. The lowest BCUT2D eigenvalue weighted by molar-refractivity contribution is 0.564. The Morgan fingerprint density at radius 2 is 2.11 bits per heavy atom. The standard InChI is InChI=1S/C15H17FN2/c1-11-6-7-13(9-17-11)10-18-12(2)14-4-3-5-15(16)8-14/h3-9,12,18H,10H2,1-2H3. The number of halogens is 1. The molecule has 2 rings (SSSR count). The monoisotopic (exact) mass is 244 g/mol. The molecule has 2 aromatic rings. The van der Waals surface area contributed by atoms with E-state index in [4.69, 9.17) is 0 Å². The van der Waals surface area contributed by atoms with Crippen molar-refractivity contribution in [3.63, 3.8) is 0 Å². The number of rotatable bonds is 4. The number of nitrogens with zero attached hydrogens (tertiary/aromatic N) is 1. The van der Waals surface area contributed by atoms with Crippen LogP contribution in [0.1, 0.15) is 29.8 Å². The van der Waals surface area contributed by atoms with Crippen LogP contribution in [-0.4, -0.2) is 4.98 Å². The van der Waals surface area contributed by atoms with Gasteiger partial charge in [0.1, 0.15) is 5.82 Å². The average Bonchev–Trinajstić information content (AvgIpc) is 2.38. The van der Waals surface area contributed by atoms with Crippen LogP contribution >= 0.6 is 0 Å². The SMILES string of the molecule is Cc1ccc(CNC(C)c2cccc(F)c2)cn1. The van der Waals surface area contributed by atoms with Gasteiger partial charge in [-0.05, 0) is 43.2 Å². The van der Waals surface area contributed by atoms with E-state index in [9.17, 15) is 4.39 Å². The molecular formula is C15H17FN2. The van der Waals surface area contributed by atoms with Gasteiger partial charge in [-0.2, -0.15) is 0 Å². The van der Waals surface area contributed by atoms with Crippen molar-refractivity contribution in [2.75, 3.05) is 0 Å². The first-order chi connectivity index (χ1) is 8.65. The second-order valence-corrected chi connectivity index (χ2v) is 4.47. The van der Waals surface area contributed by atoms with Crippen LogP contribution in [0.25, 0.3) is 0 Å². The van der Waals surface area contributed by atoms with E-state index in [1.54, 1.807) is 12.1 Å². The van der Waals surface area contributed by atoms with E-state index in [2.05, 4.69) is 10.3 Å². The van der Waals surface area contributed by atoms with E-state index in [-0.39, 0.29) is 11.9 Å². The predicted octanol–water partition coefficient (Wildman–Crippen LogP) is 3.38. The van der Waals surface area contributed by atoms with Crippen LogP contribution in [0.2, 0.25) is 0 Å². The summed E-state index contributed by atoms with van der Waals surface area (Å²) in [4.78, 5) is 4.24. The Morgan fingerprint density at radius 3 is 2.78 bits per heavy atom. The molecule has 0 bridgehead atoms. The lowest BCUT2D eigenvalue weighted by Crippen LogP contribution is -2.18. The Balaban J connectivity index is 1.96. The normalized spacial score (nSPS) is 12.4. The maximum Gasteiger partial charge on any atom is 0.123 e. The summed E-state index contributed by atoms with van der Waals surface area (Å²) >= 11 is 0. The van der Waals surface area contributed by atoms with Gasteiger partial charge in [0, 0.05) is 24.5 Å². The third-order valence-electron chi connectivity index (χ3n) is 2.93. The summed E-state index contributed by atoms with van der Waals surface area (Å²) < 4.78 is 13.1. The summed E-state index contributed by atoms with van der Waals surface area (Å²) in [5.41, 5.74) is 3.09. The zero-order chi connectivity index (χ0) is 13.0. The van der Waals surface area contributed by atoms with E-state index in [0.29, 0.717) is 0 Å². The van der Waals surface area contributed by atoms with Crippen molar-refractivity contribution in [3.8, 4) is 0 Å².